The van der Waals surface area contributed by atoms with Gasteiger partial charge in [0.2, 0.25) is 21.7 Å². The highest BCUT2D eigenvalue weighted by atomic mass is 32.2. The maximum atomic E-state index is 13.1. The number of carbonyl (C=O) groups excluding carboxylic acids is 1. The number of hydrogen-bond donors (Lipinski definition) is 1. The third-order valence-electron chi connectivity index (χ3n) is 4.64. The molecule has 176 valence electrons. The third-order valence-corrected chi connectivity index (χ3v) is 5.77. The van der Waals surface area contributed by atoms with Crippen molar-refractivity contribution in [3.05, 3.63) is 66.2 Å². The van der Waals surface area contributed by atoms with Gasteiger partial charge in [0.25, 0.3) is 0 Å². The standard InChI is InChI=1S/C21H20N6O6S/c1-13-8-9-16(33-13)19-24-25-20(27(19)18-14(31-2)6-4-7-15(18)32-3)21(28)26-34(29,30)12-17-22-10-5-11-23-17/h4-11H,12H2,1-3H3,(H,26,28). The van der Waals surface area contributed by atoms with Gasteiger partial charge in [-0.2, -0.15) is 0 Å². The summed E-state index contributed by atoms with van der Waals surface area (Å²) in [5.41, 5.74) is 0.287. The zero-order valence-electron chi connectivity index (χ0n) is 18.4. The minimum atomic E-state index is -4.16. The van der Waals surface area contributed by atoms with Crippen LogP contribution in [0.4, 0.5) is 0 Å². The topological polar surface area (TPSA) is 151 Å². The van der Waals surface area contributed by atoms with Crippen molar-refractivity contribution in [2.45, 2.75) is 12.7 Å². The second-order valence-corrected chi connectivity index (χ2v) is 8.68. The van der Waals surface area contributed by atoms with Gasteiger partial charge in [-0.15, -0.1) is 10.2 Å². The molecule has 0 radical (unpaired) electrons. The van der Waals surface area contributed by atoms with Crippen molar-refractivity contribution in [1.82, 2.24) is 29.5 Å². The van der Waals surface area contributed by atoms with Crippen LogP contribution >= 0.6 is 0 Å². The molecule has 1 aromatic carbocycles. The fraction of sp³-hybridized carbons (Fsp3) is 0.190. The molecule has 1 N–H and O–H groups in total. The van der Waals surface area contributed by atoms with Gasteiger partial charge in [0.15, 0.2) is 5.76 Å². The highest BCUT2D eigenvalue weighted by molar-refractivity contribution is 7.89. The molecule has 0 saturated heterocycles. The van der Waals surface area contributed by atoms with E-state index in [0.29, 0.717) is 23.0 Å². The van der Waals surface area contributed by atoms with Gasteiger partial charge in [0, 0.05) is 12.4 Å². The minimum Gasteiger partial charge on any atom is -0.494 e. The Kier molecular flexibility index (Phi) is 6.27. The molecule has 0 saturated carbocycles. The monoisotopic (exact) mass is 484 g/mol. The number of nitrogens with zero attached hydrogens (tertiary/aromatic N) is 5. The first-order valence-electron chi connectivity index (χ1n) is 9.87. The highest BCUT2D eigenvalue weighted by Gasteiger charge is 2.29. The second kappa shape index (κ2) is 9.31. The van der Waals surface area contributed by atoms with E-state index in [-0.39, 0.29) is 23.2 Å². The number of methoxy groups -OCH3 is 2. The first kappa shape index (κ1) is 22.9. The Morgan fingerprint density at radius 2 is 1.71 bits per heavy atom. The summed E-state index contributed by atoms with van der Waals surface area (Å²) >= 11 is 0. The van der Waals surface area contributed by atoms with Crippen molar-refractivity contribution in [2.24, 2.45) is 0 Å². The van der Waals surface area contributed by atoms with E-state index in [1.165, 1.54) is 31.2 Å². The van der Waals surface area contributed by atoms with Crippen molar-refractivity contribution >= 4 is 15.9 Å². The number of nitrogens with one attached hydrogen (secondary N) is 1. The summed E-state index contributed by atoms with van der Waals surface area (Å²) in [5, 5.41) is 8.04. The molecule has 3 aromatic heterocycles. The average molecular weight is 484 g/mol. The van der Waals surface area contributed by atoms with Gasteiger partial charge in [0.05, 0.1) is 14.2 Å². The van der Waals surface area contributed by atoms with Gasteiger partial charge in [-0.1, -0.05) is 6.07 Å². The number of carbonyl (C=O) groups is 1. The van der Waals surface area contributed by atoms with Crippen LogP contribution in [-0.2, 0) is 15.8 Å². The third kappa shape index (κ3) is 4.59. The molecule has 3 heterocycles. The number of amides is 1. The summed E-state index contributed by atoms with van der Waals surface area (Å²) in [6.07, 6.45) is 2.81. The molecule has 34 heavy (non-hydrogen) atoms. The number of benzene rings is 1. The van der Waals surface area contributed by atoms with E-state index in [0.717, 1.165) is 0 Å². The molecule has 0 bridgehead atoms. The first-order valence-corrected chi connectivity index (χ1v) is 11.5. The Morgan fingerprint density at radius 1 is 1.03 bits per heavy atom. The zero-order valence-corrected chi connectivity index (χ0v) is 19.2. The summed E-state index contributed by atoms with van der Waals surface area (Å²) in [7, 11) is -1.26. The van der Waals surface area contributed by atoms with Crippen LogP contribution in [0.25, 0.3) is 17.3 Å². The Morgan fingerprint density at radius 3 is 2.29 bits per heavy atom. The molecule has 0 fully saturated rings. The fourth-order valence-electron chi connectivity index (χ4n) is 3.21. The van der Waals surface area contributed by atoms with E-state index in [1.54, 1.807) is 43.3 Å². The lowest BCUT2D eigenvalue weighted by molar-refractivity contribution is 0.0969. The normalized spacial score (nSPS) is 11.3. The van der Waals surface area contributed by atoms with E-state index < -0.39 is 21.7 Å². The van der Waals surface area contributed by atoms with Crippen LogP contribution in [-0.4, -0.2) is 53.3 Å². The quantitative estimate of drug-likeness (QED) is 0.392. The molecule has 1 amide bonds. The number of hydrogen-bond acceptors (Lipinski definition) is 10. The predicted molar refractivity (Wildman–Crippen MR) is 119 cm³/mol. The van der Waals surface area contributed by atoms with Crippen LogP contribution in [0.3, 0.4) is 0 Å². The number of para-hydroxylation sites is 1. The molecule has 0 aliphatic carbocycles. The van der Waals surface area contributed by atoms with Crippen molar-refractivity contribution in [3.63, 3.8) is 0 Å². The number of aromatic nitrogens is 5. The highest BCUT2D eigenvalue weighted by Crippen LogP contribution is 2.36. The lowest BCUT2D eigenvalue weighted by Crippen LogP contribution is -2.34. The van der Waals surface area contributed by atoms with E-state index in [4.69, 9.17) is 13.9 Å². The molecule has 0 atom stereocenters. The summed E-state index contributed by atoms with van der Waals surface area (Å²) in [5.74, 6) is -0.208. The average Bonchev–Trinajstić information content (AvgIpc) is 3.44. The Bertz CT molecular complexity index is 1410. The van der Waals surface area contributed by atoms with Gasteiger partial charge < -0.3 is 13.9 Å². The second-order valence-electron chi connectivity index (χ2n) is 6.96. The molecule has 13 heteroatoms. The molecule has 4 rings (SSSR count). The molecular weight excluding hydrogens is 464 g/mol. The van der Waals surface area contributed by atoms with Gasteiger partial charge in [-0.05, 0) is 37.3 Å². The zero-order chi connectivity index (χ0) is 24.3. The summed E-state index contributed by atoms with van der Waals surface area (Å²) in [6.45, 7) is 1.75. The van der Waals surface area contributed by atoms with Gasteiger partial charge in [-0.25, -0.2) is 23.1 Å². The van der Waals surface area contributed by atoms with Crippen molar-refractivity contribution in [1.29, 1.82) is 0 Å². The van der Waals surface area contributed by atoms with Crippen LogP contribution in [0.5, 0.6) is 11.5 Å². The number of sulfonamides is 1. The Labute approximate surface area is 194 Å². The largest absolute Gasteiger partial charge is 0.494 e. The van der Waals surface area contributed by atoms with Crippen molar-refractivity contribution in [3.8, 4) is 28.8 Å². The fourth-order valence-corrected chi connectivity index (χ4v) is 4.14. The van der Waals surface area contributed by atoms with Crippen LogP contribution in [0.2, 0.25) is 0 Å². The van der Waals surface area contributed by atoms with E-state index >= 15 is 0 Å². The first-order chi connectivity index (χ1) is 16.3. The summed E-state index contributed by atoms with van der Waals surface area (Å²) < 4.78 is 45.2. The van der Waals surface area contributed by atoms with Crippen LogP contribution in [0.15, 0.2) is 53.2 Å². The van der Waals surface area contributed by atoms with Crippen LogP contribution in [0.1, 0.15) is 22.2 Å². The maximum Gasteiger partial charge on any atom is 0.303 e. The van der Waals surface area contributed by atoms with Crippen molar-refractivity contribution < 1.29 is 27.1 Å². The molecule has 0 aliphatic heterocycles. The van der Waals surface area contributed by atoms with Gasteiger partial charge in [-0.3, -0.25) is 9.36 Å². The number of rotatable bonds is 8. The van der Waals surface area contributed by atoms with E-state index in [2.05, 4.69) is 20.2 Å². The maximum absolute atomic E-state index is 13.1. The molecule has 0 spiro atoms. The molecular formula is C21H20N6O6S. The van der Waals surface area contributed by atoms with Crippen LogP contribution < -0.4 is 14.2 Å². The van der Waals surface area contributed by atoms with E-state index in [1.807, 2.05) is 4.72 Å². The number of ether oxygens (including phenoxy) is 2. The van der Waals surface area contributed by atoms with Gasteiger partial charge >= 0.3 is 5.91 Å². The van der Waals surface area contributed by atoms with Crippen LogP contribution in [0, 0.1) is 6.92 Å². The number of aryl methyl sites for hydroxylation is 1. The summed E-state index contributed by atoms with van der Waals surface area (Å²) in [4.78, 5) is 20.9. The Balaban J connectivity index is 1.82. The summed E-state index contributed by atoms with van der Waals surface area (Å²) in [6, 6.07) is 9.93. The SMILES string of the molecule is COc1cccc(OC)c1-n1c(C(=O)NS(=O)(=O)Cc2ncccn2)nnc1-c1ccc(C)o1. The van der Waals surface area contributed by atoms with Gasteiger partial charge in [0.1, 0.15) is 34.5 Å². The molecule has 0 unspecified atom stereocenters. The van der Waals surface area contributed by atoms with E-state index in [9.17, 15) is 13.2 Å². The lowest BCUT2D eigenvalue weighted by atomic mass is 10.2. The smallest absolute Gasteiger partial charge is 0.303 e. The molecule has 0 aliphatic rings. The minimum absolute atomic E-state index is 0.0300. The number of furan rings is 1. The van der Waals surface area contributed by atoms with Crippen molar-refractivity contribution in [2.75, 3.05) is 14.2 Å². The predicted octanol–water partition coefficient (Wildman–Crippen LogP) is 1.90. The lowest BCUT2D eigenvalue weighted by Gasteiger charge is -2.16. The Hall–Kier alpha value is -4.26. The molecule has 4 aromatic rings. The molecule has 12 nitrogen and oxygen atoms in total.